The SMILES string of the molecule is COc1ccc(-c2csc(/C(C#N)=C/Nc3ccc(C)c(Cl)c3)n2)cc1. The lowest BCUT2D eigenvalue weighted by atomic mass is 10.2. The Kier molecular flexibility index (Phi) is 5.57. The number of anilines is 1. The Morgan fingerprint density at radius 2 is 2.04 bits per heavy atom. The van der Waals surface area contributed by atoms with Crippen LogP contribution in [0.1, 0.15) is 10.6 Å². The number of benzene rings is 2. The van der Waals surface area contributed by atoms with E-state index in [0.717, 1.165) is 28.3 Å². The molecule has 0 spiro atoms. The average Bonchev–Trinajstić information content (AvgIpc) is 3.15. The number of nitrogens with zero attached hydrogens (tertiary/aromatic N) is 2. The average molecular weight is 382 g/mol. The standard InChI is InChI=1S/C20H16ClN3OS/c1-13-3-6-16(9-18(13)21)23-11-15(10-22)20-24-19(12-26-20)14-4-7-17(25-2)8-5-14/h3-9,11-12,23H,1-2H3/b15-11+. The summed E-state index contributed by atoms with van der Waals surface area (Å²) < 4.78 is 5.17. The van der Waals surface area contributed by atoms with Gasteiger partial charge in [0.15, 0.2) is 0 Å². The summed E-state index contributed by atoms with van der Waals surface area (Å²) in [7, 11) is 1.63. The summed E-state index contributed by atoms with van der Waals surface area (Å²) in [6.45, 7) is 1.94. The second-order valence-corrected chi connectivity index (χ2v) is 6.81. The highest BCUT2D eigenvalue weighted by Crippen LogP contribution is 2.27. The van der Waals surface area contributed by atoms with E-state index in [-0.39, 0.29) is 0 Å². The molecule has 6 heteroatoms. The number of aryl methyl sites for hydroxylation is 1. The lowest BCUT2D eigenvalue weighted by Gasteiger charge is -2.04. The molecule has 3 rings (SSSR count). The highest BCUT2D eigenvalue weighted by atomic mass is 35.5. The summed E-state index contributed by atoms with van der Waals surface area (Å²) in [5, 5.41) is 15.8. The maximum absolute atomic E-state index is 9.47. The first-order valence-electron chi connectivity index (χ1n) is 7.84. The van der Waals surface area contributed by atoms with E-state index in [1.807, 2.05) is 54.8 Å². The molecule has 1 aromatic heterocycles. The molecule has 1 heterocycles. The van der Waals surface area contributed by atoms with Crippen LogP contribution in [0.5, 0.6) is 5.75 Å². The van der Waals surface area contributed by atoms with Crippen LogP contribution in [0.15, 0.2) is 54.0 Å². The smallest absolute Gasteiger partial charge is 0.136 e. The Morgan fingerprint density at radius 1 is 1.27 bits per heavy atom. The first-order valence-corrected chi connectivity index (χ1v) is 9.10. The molecule has 0 fully saturated rings. The second-order valence-electron chi connectivity index (χ2n) is 5.54. The van der Waals surface area contributed by atoms with Gasteiger partial charge < -0.3 is 10.1 Å². The van der Waals surface area contributed by atoms with Crippen LogP contribution in [-0.4, -0.2) is 12.1 Å². The van der Waals surface area contributed by atoms with E-state index < -0.39 is 0 Å². The fourth-order valence-electron chi connectivity index (χ4n) is 2.27. The van der Waals surface area contributed by atoms with Crippen molar-refractivity contribution in [3.63, 3.8) is 0 Å². The van der Waals surface area contributed by atoms with Crippen molar-refractivity contribution in [3.8, 4) is 23.1 Å². The van der Waals surface area contributed by atoms with Crippen molar-refractivity contribution >= 4 is 34.2 Å². The zero-order valence-corrected chi connectivity index (χ0v) is 15.9. The van der Waals surface area contributed by atoms with Crippen molar-refractivity contribution in [2.45, 2.75) is 6.92 Å². The number of ether oxygens (including phenoxy) is 1. The Bertz CT molecular complexity index is 987. The Hall–Kier alpha value is -2.81. The van der Waals surface area contributed by atoms with Crippen LogP contribution < -0.4 is 10.1 Å². The molecule has 3 aromatic rings. The molecule has 0 atom stereocenters. The van der Waals surface area contributed by atoms with Gasteiger partial charge in [-0.3, -0.25) is 0 Å². The molecule has 0 radical (unpaired) electrons. The molecule has 0 aliphatic rings. The molecule has 26 heavy (non-hydrogen) atoms. The van der Waals surface area contributed by atoms with Gasteiger partial charge in [0.05, 0.1) is 12.8 Å². The largest absolute Gasteiger partial charge is 0.497 e. The Balaban J connectivity index is 1.81. The van der Waals surface area contributed by atoms with Crippen molar-refractivity contribution in [1.29, 1.82) is 5.26 Å². The van der Waals surface area contributed by atoms with Gasteiger partial charge in [0, 0.05) is 27.9 Å². The van der Waals surface area contributed by atoms with Gasteiger partial charge in [-0.1, -0.05) is 17.7 Å². The molecule has 0 aliphatic carbocycles. The number of thiazole rings is 1. The lowest BCUT2D eigenvalue weighted by molar-refractivity contribution is 0.415. The molecule has 1 N–H and O–H groups in total. The molecule has 0 unspecified atom stereocenters. The summed E-state index contributed by atoms with van der Waals surface area (Å²) >= 11 is 7.56. The number of aromatic nitrogens is 1. The zero-order chi connectivity index (χ0) is 18.5. The third-order valence-electron chi connectivity index (χ3n) is 3.80. The molecule has 0 aliphatic heterocycles. The van der Waals surface area contributed by atoms with Crippen LogP contribution in [0.2, 0.25) is 5.02 Å². The molecule has 0 saturated heterocycles. The minimum absolute atomic E-state index is 0.464. The number of methoxy groups -OCH3 is 1. The van der Waals surface area contributed by atoms with E-state index in [0.29, 0.717) is 15.6 Å². The van der Waals surface area contributed by atoms with Crippen LogP contribution in [0.3, 0.4) is 0 Å². The predicted molar refractivity (Wildman–Crippen MR) is 108 cm³/mol. The van der Waals surface area contributed by atoms with Crippen LogP contribution in [0, 0.1) is 18.3 Å². The molecule has 2 aromatic carbocycles. The molecule has 0 bridgehead atoms. The van der Waals surface area contributed by atoms with Crippen LogP contribution in [0.4, 0.5) is 5.69 Å². The van der Waals surface area contributed by atoms with Gasteiger partial charge in [0.25, 0.3) is 0 Å². The molecular formula is C20H16ClN3OS. The number of hydrogen-bond acceptors (Lipinski definition) is 5. The minimum Gasteiger partial charge on any atom is -0.497 e. The Morgan fingerprint density at radius 3 is 2.69 bits per heavy atom. The van der Waals surface area contributed by atoms with E-state index in [4.69, 9.17) is 16.3 Å². The fraction of sp³-hybridized carbons (Fsp3) is 0.100. The number of rotatable bonds is 5. The lowest BCUT2D eigenvalue weighted by Crippen LogP contribution is -1.91. The first kappa shape index (κ1) is 18.0. The van der Waals surface area contributed by atoms with Crippen LogP contribution >= 0.6 is 22.9 Å². The van der Waals surface area contributed by atoms with E-state index >= 15 is 0 Å². The highest BCUT2D eigenvalue weighted by Gasteiger charge is 2.09. The van der Waals surface area contributed by atoms with Crippen molar-refractivity contribution in [3.05, 3.63) is 69.6 Å². The fourth-order valence-corrected chi connectivity index (χ4v) is 3.25. The second kappa shape index (κ2) is 8.05. The number of nitriles is 1. The molecule has 0 saturated carbocycles. The van der Waals surface area contributed by atoms with Gasteiger partial charge in [-0.2, -0.15) is 5.26 Å². The van der Waals surface area contributed by atoms with Gasteiger partial charge in [-0.05, 0) is 48.9 Å². The third-order valence-corrected chi connectivity index (χ3v) is 5.08. The number of allylic oxidation sites excluding steroid dienone is 1. The van der Waals surface area contributed by atoms with Gasteiger partial charge in [0.2, 0.25) is 0 Å². The van der Waals surface area contributed by atoms with Crippen LogP contribution in [-0.2, 0) is 0 Å². The third kappa shape index (κ3) is 4.05. The van der Waals surface area contributed by atoms with Crippen molar-refractivity contribution in [1.82, 2.24) is 4.98 Å². The zero-order valence-electron chi connectivity index (χ0n) is 14.3. The number of halogens is 1. The van der Waals surface area contributed by atoms with Crippen molar-refractivity contribution in [2.75, 3.05) is 12.4 Å². The van der Waals surface area contributed by atoms with Gasteiger partial charge in [-0.15, -0.1) is 11.3 Å². The topological polar surface area (TPSA) is 57.9 Å². The Labute approximate surface area is 161 Å². The highest BCUT2D eigenvalue weighted by molar-refractivity contribution is 7.11. The van der Waals surface area contributed by atoms with E-state index in [9.17, 15) is 5.26 Å². The normalized spacial score (nSPS) is 11.1. The minimum atomic E-state index is 0.464. The van der Waals surface area contributed by atoms with Crippen molar-refractivity contribution in [2.24, 2.45) is 0 Å². The predicted octanol–water partition coefficient (Wildman–Crippen LogP) is 5.76. The van der Waals surface area contributed by atoms with Gasteiger partial charge >= 0.3 is 0 Å². The van der Waals surface area contributed by atoms with E-state index in [2.05, 4.69) is 16.4 Å². The van der Waals surface area contributed by atoms with Crippen LogP contribution in [0.25, 0.3) is 16.8 Å². The molecular weight excluding hydrogens is 366 g/mol. The summed E-state index contributed by atoms with van der Waals surface area (Å²) in [4.78, 5) is 4.57. The quantitative estimate of drug-likeness (QED) is 0.571. The summed E-state index contributed by atoms with van der Waals surface area (Å²) in [6, 6.07) is 15.5. The number of hydrogen-bond donors (Lipinski definition) is 1. The van der Waals surface area contributed by atoms with E-state index in [1.54, 1.807) is 13.3 Å². The van der Waals surface area contributed by atoms with Crippen molar-refractivity contribution < 1.29 is 4.74 Å². The monoisotopic (exact) mass is 381 g/mol. The molecule has 4 nitrogen and oxygen atoms in total. The first-order chi connectivity index (χ1) is 12.6. The number of nitrogens with one attached hydrogen (secondary N) is 1. The van der Waals surface area contributed by atoms with Gasteiger partial charge in [-0.25, -0.2) is 4.98 Å². The summed E-state index contributed by atoms with van der Waals surface area (Å²) in [5.74, 6) is 0.794. The summed E-state index contributed by atoms with van der Waals surface area (Å²) in [5.41, 5.74) is 4.09. The maximum atomic E-state index is 9.47. The molecule has 130 valence electrons. The maximum Gasteiger partial charge on any atom is 0.136 e. The van der Waals surface area contributed by atoms with Gasteiger partial charge in [0.1, 0.15) is 22.4 Å². The molecule has 0 amide bonds. The van der Waals surface area contributed by atoms with E-state index in [1.165, 1.54) is 11.3 Å². The summed E-state index contributed by atoms with van der Waals surface area (Å²) in [6.07, 6.45) is 1.65.